The predicted molar refractivity (Wildman–Crippen MR) is 93.0 cm³/mol. The van der Waals surface area contributed by atoms with Gasteiger partial charge in [0.15, 0.2) is 0 Å². The average Bonchev–Trinajstić information content (AvgIpc) is 2.97. The number of anilines is 2. The van der Waals surface area contributed by atoms with Crippen LogP contribution in [-0.4, -0.2) is 27.2 Å². The zero-order valence-corrected chi connectivity index (χ0v) is 14.0. The molecule has 0 aliphatic carbocycles. The highest BCUT2D eigenvalue weighted by molar-refractivity contribution is 9.10. The van der Waals surface area contributed by atoms with E-state index >= 15 is 0 Å². The van der Waals surface area contributed by atoms with Crippen LogP contribution in [0.3, 0.4) is 0 Å². The highest BCUT2D eigenvalue weighted by atomic mass is 79.9. The SMILES string of the molecule is CN(C)c1ccc(N2CCNC2c2ccc(Br)cc2)cc1. The Morgan fingerprint density at radius 3 is 2.33 bits per heavy atom. The van der Waals surface area contributed by atoms with Crippen molar-refractivity contribution in [3.63, 3.8) is 0 Å². The van der Waals surface area contributed by atoms with Gasteiger partial charge in [-0.05, 0) is 42.0 Å². The molecule has 2 aromatic carbocycles. The molecule has 1 aliphatic rings. The van der Waals surface area contributed by atoms with Crippen molar-refractivity contribution in [1.82, 2.24) is 5.32 Å². The van der Waals surface area contributed by atoms with Crippen molar-refractivity contribution in [2.75, 3.05) is 37.0 Å². The minimum atomic E-state index is 0.253. The van der Waals surface area contributed by atoms with E-state index in [1.165, 1.54) is 16.9 Å². The van der Waals surface area contributed by atoms with Crippen molar-refractivity contribution in [1.29, 1.82) is 0 Å². The molecule has 1 atom stereocenters. The third kappa shape index (κ3) is 3.06. The van der Waals surface area contributed by atoms with Gasteiger partial charge in [0.1, 0.15) is 6.17 Å². The van der Waals surface area contributed by atoms with Crippen LogP contribution < -0.4 is 15.1 Å². The molecule has 3 rings (SSSR count). The number of nitrogens with one attached hydrogen (secondary N) is 1. The van der Waals surface area contributed by atoms with Gasteiger partial charge < -0.3 is 9.80 Å². The molecule has 1 heterocycles. The van der Waals surface area contributed by atoms with E-state index in [9.17, 15) is 0 Å². The van der Waals surface area contributed by atoms with Crippen molar-refractivity contribution in [3.05, 3.63) is 58.6 Å². The van der Waals surface area contributed by atoms with Crippen molar-refractivity contribution >= 4 is 27.3 Å². The molecule has 3 nitrogen and oxygen atoms in total. The minimum Gasteiger partial charge on any atom is -0.378 e. The van der Waals surface area contributed by atoms with Gasteiger partial charge in [0.2, 0.25) is 0 Å². The Bertz CT molecular complexity index is 592. The Hall–Kier alpha value is -1.52. The largest absolute Gasteiger partial charge is 0.378 e. The van der Waals surface area contributed by atoms with E-state index < -0.39 is 0 Å². The fourth-order valence-electron chi connectivity index (χ4n) is 2.72. The summed E-state index contributed by atoms with van der Waals surface area (Å²) in [6, 6.07) is 17.3. The standard InChI is InChI=1S/C17H20BrN3/c1-20(2)15-7-9-16(10-8-15)21-12-11-19-17(21)13-3-5-14(18)6-4-13/h3-10,17,19H,11-12H2,1-2H3. The van der Waals surface area contributed by atoms with Gasteiger partial charge in [-0.3, -0.25) is 5.32 Å². The molecule has 1 unspecified atom stereocenters. The highest BCUT2D eigenvalue weighted by Crippen LogP contribution is 2.30. The summed E-state index contributed by atoms with van der Waals surface area (Å²) < 4.78 is 1.12. The Morgan fingerprint density at radius 1 is 1.05 bits per heavy atom. The van der Waals surface area contributed by atoms with Crippen molar-refractivity contribution in [3.8, 4) is 0 Å². The monoisotopic (exact) mass is 345 g/mol. The molecule has 2 aromatic rings. The first-order valence-corrected chi connectivity index (χ1v) is 7.97. The lowest BCUT2D eigenvalue weighted by Crippen LogP contribution is -2.27. The van der Waals surface area contributed by atoms with E-state index in [1.54, 1.807) is 0 Å². The lowest BCUT2D eigenvalue weighted by Gasteiger charge is -2.27. The van der Waals surface area contributed by atoms with Crippen molar-refractivity contribution in [2.45, 2.75) is 6.17 Å². The second-order valence-corrected chi connectivity index (χ2v) is 6.43. The molecule has 0 spiro atoms. The number of hydrogen-bond donors (Lipinski definition) is 1. The average molecular weight is 346 g/mol. The van der Waals surface area contributed by atoms with E-state index in [4.69, 9.17) is 0 Å². The second-order valence-electron chi connectivity index (χ2n) is 5.51. The smallest absolute Gasteiger partial charge is 0.106 e. The van der Waals surface area contributed by atoms with E-state index in [1.807, 2.05) is 0 Å². The topological polar surface area (TPSA) is 18.5 Å². The number of nitrogens with zero attached hydrogens (tertiary/aromatic N) is 2. The molecule has 1 aliphatic heterocycles. The van der Waals surface area contributed by atoms with E-state index in [0.717, 1.165) is 17.6 Å². The van der Waals surface area contributed by atoms with Crippen LogP contribution in [0.1, 0.15) is 11.7 Å². The summed E-state index contributed by atoms with van der Waals surface area (Å²) in [6.07, 6.45) is 0.253. The first-order valence-electron chi connectivity index (χ1n) is 7.18. The zero-order valence-electron chi connectivity index (χ0n) is 12.4. The summed E-state index contributed by atoms with van der Waals surface area (Å²) in [6.45, 7) is 2.04. The number of halogens is 1. The zero-order chi connectivity index (χ0) is 14.8. The van der Waals surface area contributed by atoms with Crippen LogP contribution >= 0.6 is 15.9 Å². The molecule has 0 radical (unpaired) electrons. The van der Waals surface area contributed by atoms with Gasteiger partial charge in [0.25, 0.3) is 0 Å². The van der Waals surface area contributed by atoms with Crippen molar-refractivity contribution in [2.24, 2.45) is 0 Å². The van der Waals surface area contributed by atoms with Gasteiger partial charge in [-0.15, -0.1) is 0 Å². The summed E-state index contributed by atoms with van der Waals surface area (Å²) in [5.74, 6) is 0. The second kappa shape index (κ2) is 6.08. The first kappa shape index (κ1) is 14.4. The number of hydrogen-bond acceptors (Lipinski definition) is 3. The van der Waals surface area contributed by atoms with E-state index in [-0.39, 0.29) is 6.17 Å². The first-order chi connectivity index (χ1) is 10.1. The third-order valence-electron chi connectivity index (χ3n) is 3.89. The Balaban J connectivity index is 1.85. The summed E-state index contributed by atoms with van der Waals surface area (Å²) in [5.41, 5.74) is 3.79. The van der Waals surface area contributed by atoms with Gasteiger partial charge in [-0.25, -0.2) is 0 Å². The Kier molecular flexibility index (Phi) is 4.17. The Morgan fingerprint density at radius 2 is 1.71 bits per heavy atom. The minimum absolute atomic E-state index is 0.253. The normalized spacial score (nSPS) is 18.0. The van der Waals surface area contributed by atoms with Crippen molar-refractivity contribution < 1.29 is 0 Å². The molecule has 4 heteroatoms. The van der Waals surface area contributed by atoms with Crippen LogP contribution in [0.4, 0.5) is 11.4 Å². The fourth-order valence-corrected chi connectivity index (χ4v) is 2.99. The number of benzene rings is 2. The predicted octanol–water partition coefficient (Wildman–Crippen LogP) is 3.62. The maximum atomic E-state index is 3.58. The molecule has 21 heavy (non-hydrogen) atoms. The molecule has 1 fully saturated rings. The fraction of sp³-hybridized carbons (Fsp3) is 0.294. The summed E-state index contributed by atoms with van der Waals surface area (Å²) >= 11 is 3.50. The summed E-state index contributed by atoms with van der Waals surface area (Å²) in [5, 5.41) is 3.58. The van der Waals surface area contributed by atoms with Crippen LogP contribution in [0.2, 0.25) is 0 Å². The van der Waals surface area contributed by atoms with Crippen LogP contribution in [0.15, 0.2) is 53.0 Å². The van der Waals surface area contributed by atoms with Gasteiger partial charge in [-0.1, -0.05) is 28.1 Å². The third-order valence-corrected chi connectivity index (χ3v) is 4.41. The van der Waals surface area contributed by atoms with Gasteiger partial charge in [0.05, 0.1) is 0 Å². The highest BCUT2D eigenvalue weighted by Gasteiger charge is 2.25. The Labute approximate surface area is 134 Å². The van der Waals surface area contributed by atoms with E-state index in [2.05, 4.69) is 93.7 Å². The number of rotatable bonds is 3. The van der Waals surface area contributed by atoms with Crippen LogP contribution in [-0.2, 0) is 0 Å². The molecule has 0 bridgehead atoms. The lowest BCUT2D eigenvalue weighted by molar-refractivity contribution is 0.644. The molecule has 1 N–H and O–H groups in total. The van der Waals surface area contributed by atoms with Crippen LogP contribution in [0.5, 0.6) is 0 Å². The van der Waals surface area contributed by atoms with Crippen LogP contribution in [0, 0.1) is 0 Å². The summed E-state index contributed by atoms with van der Waals surface area (Å²) in [7, 11) is 4.13. The van der Waals surface area contributed by atoms with Gasteiger partial charge in [-0.2, -0.15) is 0 Å². The van der Waals surface area contributed by atoms with E-state index in [0.29, 0.717) is 0 Å². The lowest BCUT2D eigenvalue weighted by atomic mass is 10.1. The quantitative estimate of drug-likeness (QED) is 0.916. The molecule has 0 amide bonds. The maximum absolute atomic E-state index is 3.58. The molecular formula is C17H20BrN3. The van der Waals surface area contributed by atoms with Gasteiger partial charge >= 0.3 is 0 Å². The summed E-state index contributed by atoms with van der Waals surface area (Å²) in [4.78, 5) is 4.54. The van der Waals surface area contributed by atoms with Gasteiger partial charge in [0, 0.05) is 43.0 Å². The molecule has 1 saturated heterocycles. The molecule has 0 saturated carbocycles. The van der Waals surface area contributed by atoms with Crippen LogP contribution in [0.25, 0.3) is 0 Å². The maximum Gasteiger partial charge on any atom is 0.106 e. The molecular weight excluding hydrogens is 326 g/mol. The molecule has 0 aromatic heterocycles. The molecule has 110 valence electrons.